The molecule has 1 aromatic heterocycles. The molecule has 2 aromatic rings. The first-order valence-corrected chi connectivity index (χ1v) is 6.89. The van der Waals surface area contributed by atoms with Crippen molar-refractivity contribution in [2.75, 3.05) is 13.2 Å². The zero-order valence-corrected chi connectivity index (χ0v) is 11.6. The Morgan fingerprint density at radius 3 is 2.86 bits per heavy atom. The summed E-state index contributed by atoms with van der Waals surface area (Å²) in [6.45, 7) is 1.28. The lowest BCUT2D eigenvalue weighted by atomic mass is 10.0. The molecule has 0 radical (unpaired) electrons. The van der Waals surface area contributed by atoms with Crippen molar-refractivity contribution < 1.29 is 14.3 Å². The second kappa shape index (κ2) is 5.87. The lowest BCUT2D eigenvalue weighted by Crippen LogP contribution is -2.19. The van der Waals surface area contributed by atoms with Crippen LogP contribution in [-0.2, 0) is 4.79 Å². The maximum absolute atomic E-state index is 11.4. The molecule has 3 rings (SSSR count). The predicted octanol–water partition coefficient (Wildman–Crippen LogP) is 1.51. The summed E-state index contributed by atoms with van der Waals surface area (Å²) in [5, 5.41) is 0. The molecule has 1 atom stereocenters. The van der Waals surface area contributed by atoms with Crippen molar-refractivity contribution in [3.8, 4) is 11.5 Å². The van der Waals surface area contributed by atoms with Crippen LogP contribution < -0.4 is 15.2 Å². The summed E-state index contributed by atoms with van der Waals surface area (Å²) in [6, 6.07) is 5.53. The number of imidazole rings is 1. The molecule has 1 aliphatic rings. The number of hydrogen-bond donors (Lipinski definition) is 1. The molecule has 0 unspecified atom stereocenters. The van der Waals surface area contributed by atoms with Crippen LogP contribution in [0.25, 0.3) is 0 Å². The zero-order valence-electron chi connectivity index (χ0n) is 11.6. The van der Waals surface area contributed by atoms with E-state index in [9.17, 15) is 4.79 Å². The predicted molar refractivity (Wildman–Crippen MR) is 76.2 cm³/mol. The monoisotopic (exact) mass is 287 g/mol. The van der Waals surface area contributed by atoms with E-state index in [2.05, 4.69) is 4.98 Å². The second-order valence-corrected chi connectivity index (χ2v) is 4.95. The number of carbonyl (C=O) groups is 1. The molecule has 1 aliphatic heterocycles. The fourth-order valence-electron chi connectivity index (χ4n) is 2.43. The molecule has 6 nitrogen and oxygen atoms in total. The Bertz CT molecular complexity index is 625. The minimum absolute atomic E-state index is 0.192. The number of benzene rings is 1. The maximum Gasteiger partial charge on any atom is 0.219 e. The van der Waals surface area contributed by atoms with Gasteiger partial charge in [-0.2, -0.15) is 0 Å². The normalized spacial score (nSPS) is 15.2. The van der Waals surface area contributed by atoms with Crippen LogP contribution in [0.15, 0.2) is 36.9 Å². The molecule has 0 saturated carbocycles. The Hall–Kier alpha value is -2.50. The number of ether oxygens (including phenoxy) is 2. The van der Waals surface area contributed by atoms with Gasteiger partial charge in [0.05, 0.1) is 32.0 Å². The summed E-state index contributed by atoms with van der Waals surface area (Å²) >= 11 is 0. The summed E-state index contributed by atoms with van der Waals surface area (Å²) in [5.74, 6) is 1.08. The minimum atomic E-state index is -0.360. The number of hydrogen-bond acceptors (Lipinski definition) is 4. The fraction of sp³-hybridized carbons (Fsp3) is 0.333. The van der Waals surface area contributed by atoms with Crippen molar-refractivity contribution in [2.45, 2.75) is 18.9 Å². The van der Waals surface area contributed by atoms with Crippen molar-refractivity contribution >= 4 is 5.91 Å². The standard InChI is InChI=1S/C15H17N3O3/c16-15(19)9-12(18-5-4-17-10-18)11-2-3-13-14(8-11)21-7-1-6-20-13/h2-5,8,10,12H,1,6-7,9H2,(H2,16,19)/t12-/m0/s1. The van der Waals surface area contributed by atoms with Gasteiger partial charge in [-0.3, -0.25) is 4.79 Å². The number of carbonyl (C=O) groups excluding carboxylic acids is 1. The van der Waals surface area contributed by atoms with E-state index in [0.717, 1.165) is 17.7 Å². The number of primary amides is 1. The molecule has 1 amide bonds. The van der Waals surface area contributed by atoms with Crippen molar-refractivity contribution in [3.63, 3.8) is 0 Å². The largest absolute Gasteiger partial charge is 0.490 e. The van der Waals surface area contributed by atoms with Gasteiger partial charge in [-0.25, -0.2) is 4.98 Å². The molecule has 0 saturated heterocycles. The Labute approximate surface area is 122 Å². The molecule has 1 aromatic carbocycles. The van der Waals surface area contributed by atoms with Crippen LogP contribution in [0.4, 0.5) is 0 Å². The summed E-state index contributed by atoms with van der Waals surface area (Å²) < 4.78 is 13.2. The van der Waals surface area contributed by atoms with Crippen LogP contribution in [-0.4, -0.2) is 28.7 Å². The zero-order chi connectivity index (χ0) is 14.7. The van der Waals surface area contributed by atoms with E-state index in [0.29, 0.717) is 19.0 Å². The van der Waals surface area contributed by atoms with Gasteiger partial charge in [-0.15, -0.1) is 0 Å². The lowest BCUT2D eigenvalue weighted by molar-refractivity contribution is -0.118. The van der Waals surface area contributed by atoms with Gasteiger partial charge in [0, 0.05) is 18.8 Å². The third-order valence-electron chi connectivity index (χ3n) is 3.44. The summed E-state index contributed by atoms with van der Waals surface area (Å²) in [6.07, 6.45) is 6.23. The summed E-state index contributed by atoms with van der Waals surface area (Å²) in [7, 11) is 0. The van der Waals surface area contributed by atoms with Crippen molar-refractivity contribution in [1.82, 2.24) is 9.55 Å². The smallest absolute Gasteiger partial charge is 0.219 e. The second-order valence-electron chi connectivity index (χ2n) is 4.95. The quantitative estimate of drug-likeness (QED) is 0.924. The van der Waals surface area contributed by atoms with E-state index < -0.39 is 0 Å². The van der Waals surface area contributed by atoms with E-state index in [-0.39, 0.29) is 18.4 Å². The van der Waals surface area contributed by atoms with Crippen LogP contribution in [0.2, 0.25) is 0 Å². The van der Waals surface area contributed by atoms with Gasteiger partial charge in [0.15, 0.2) is 11.5 Å². The molecule has 0 aliphatic carbocycles. The molecule has 6 heteroatoms. The van der Waals surface area contributed by atoms with E-state index in [1.54, 1.807) is 12.5 Å². The molecule has 2 N–H and O–H groups in total. The molecule has 0 bridgehead atoms. The van der Waals surface area contributed by atoms with Crippen LogP contribution in [0.3, 0.4) is 0 Å². The van der Waals surface area contributed by atoms with Gasteiger partial charge in [0.1, 0.15) is 0 Å². The molecule has 0 spiro atoms. The minimum Gasteiger partial charge on any atom is -0.490 e. The van der Waals surface area contributed by atoms with Gasteiger partial charge in [-0.05, 0) is 17.7 Å². The summed E-state index contributed by atoms with van der Waals surface area (Å²) in [5.41, 5.74) is 6.31. The Balaban J connectivity index is 1.95. The lowest BCUT2D eigenvalue weighted by Gasteiger charge is -2.19. The van der Waals surface area contributed by atoms with Crippen LogP contribution >= 0.6 is 0 Å². The Kier molecular flexibility index (Phi) is 3.77. The highest BCUT2D eigenvalue weighted by Crippen LogP contribution is 2.34. The van der Waals surface area contributed by atoms with Gasteiger partial charge < -0.3 is 19.8 Å². The Morgan fingerprint density at radius 2 is 2.14 bits per heavy atom. The SMILES string of the molecule is NC(=O)C[C@@H](c1ccc2c(c1)OCCCO2)n1ccnc1. The van der Waals surface area contributed by atoms with Crippen molar-refractivity contribution in [1.29, 1.82) is 0 Å². The van der Waals surface area contributed by atoms with E-state index in [1.807, 2.05) is 29.0 Å². The van der Waals surface area contributed by atoms with Gasteiger partial charge >= 0.3 is 0 Å². The molecular weight excluding hydrogens is 270 g/mol. The highest BCUT2D eigenvalue weighted by Gasteiger charge is 2.19. The molecule has 110 valence electrons. The highest BCUT2D eigenvalue weighted by molar-refractivity contribution is 5.74. The van der Waals surface area contributed by atoms with Crippen LogP contribution in [0.5, 0.6) is 11.5 Å². The molecule has 2 heterocycles. The average molecular weight is 287 g/mol. The number of fused-ring (bicyclic) bond motifs is 1. The number of aromatic nitrogens is 2. The molecule has 0 fully saturated rings. The van der Waals surface area contributed by atoms with Gasteiger partial charge in [-0.1, -0.05) is 6.07 Å². The van der Waals surface area contributed by atoms with Gasteiger partial charge in [0.25, 0.3) is 0 Å². The van der Waals surface area contributed by atoms with Crippen molar-refractivity contribution in [3.05, 3.63) is 42.5 Å². The molecular formula is C15H17N3O3. The maximum atomic E-state index is 11.4. The topological polar surface area (TPSA) is 79.4 Å². The van der Waals surface area contributed by atoms with E-state index in [4.69, 9.17) is 15.2 Å². The first kappa shape index (κ1) is 13.5. The van der Waals surface area contributed by atoms with Crippen molar-refractivity contribution in [2.24, 2.45) is 5.73 Å². The first-order chi connectivity index (χ1) is 10.2. The van der Waals surface area contributed by atoms with E-state index >= 15 is 0 Å². The third kappa shape index (κ3) is 2.99. The fourth-order valence-corrected chi connectivity index (χ4v) is 2.43. The number of nitrogens with zero attached hydrogens (tertiary/aromatic N) is 2. The first-order valence-electron chi connectivity index (χ1n) is 6.89. The summed E-state index contributed by atoms with van der Waals surface area (Å²) in [4.78, 5) is 15.4. The number of nitrogens with two attached hydrogens (primary N) is 1. The average Bonchev–Trinajstić information content (AvgIpc) is 2.89. The van der Waals surface area contributed by atoms with Gasteiger partial charge in [0.2, 0.25) is 5.91 Å². The number of amides is 1. The van der Waals surface area contributed by atoms with Crippen LogP contribution in [0, 0.1) is 0 Å². The highest BCUT2D eigenvalue weighted by atomic mass is 16.5. The Morgan fingerprint density at radius 1 is 1.33 bits per heavy atom. The van der Waals surface area contributed by atoms with E-state index in [1.165, 1.54) is 0 Å². The third-order valence-corrected chi connectivity index (χ3v) is 3.44. The molecule has 21 heavy (non-hydrogen) atoms. The van der Waals surface area contributed by atoms with Crippen LogP contribution in [0.1, 0.15) is 24.4 Å². The number of rotatable bonds is 4.